The summed E-state index contributed by atoms with van der Waals surface area (Å²) in [5.74, 6) is -0.273. The van der Waals surface area contributed by atoms with Crippen LogP contribution in [0.2, 0.25) is 0 Å². The molecule has 1 aromatic carbocycles. The molecule has 0 saturated heterocycles. The Labute approximate surface area is 86.8 Å². The minimum atomic E-state index is -3.66. The second-order valence-corrected chi connectivity index (χ2v) is 5.12. The fourth-order valence-electron chi connectivity index (χ4n) is 1.58. The fourth-order valence-corrected chi connectivity index (χ4v) is 3.19. The summed E-state index contributed by atoms with van der Waals surface area (Å²) in [5, 5.41) is 9.45. The molecule has 1 aliphatic heterocycles. The molecule has 1 aliphatic rings. The summed E-state index contributed by atoms with van der Waals surface area (Å²) in [7, 11) is -3.66. The highest BCUT2D eigenvalue weighted by molar-refractivity contribution is 7.96. The Morgan fingerprint density at radius 1 is 1.33 bits per heavy atom. The average Bonchev–Trinajstić information content (AvgIpc) is 2.40. The molecule has 0 amide bonds. The highest BCUT2D eigenvalue weighted by Crippen LogP contribution is 2.39. The lowest BCUT2D eigenvalue weighted by Crippen LogP contribution is -2.01. The molecule has 1 N–H and O–H groups in total. The smallest absolute Gasteiger partial charge is 0.207 e. The van der Waals surface area contributed by atoms with Crippen LogP contribution in [0.1, 0.15) is 12.0 Å². The molecule has 0 saturated carbocycles. The molecule has 5 heteroatoms. The van der Waals surface area contributed by atoms with Crippen LogP contribution in [0.3, 0.4) is 0 Å². The number of sulfone groups is 1. The number of carbonyl (C=O) groups is 1. The van der Waals surface area contributed by atoms with Gasteiger partial charge in [0.2, 0.25) is 9.84 Å². The molecule has 2 rings (SSSR count). The average molecular weight is 224 g/mol. The molecule has 1 aromatic rings. The number of hydrogen-bond acceptors (Lipinski definition) is 4. The van der Waals surface area contributed by atoms with Crippen molar-refractivity contribution < 1.29 is 18.3 Å². The van der Waals surface area contributed by atoms with Crippen molar-refractivity contribution in [2.45, 2.75) is 11.3 Å². The summed E-state index contributed by atoms with van der Waals surface area (Å²) in [5.41, 5.74) is 0.437. The molecule has 0 aromatic heterocycles. The number of rotatable bonds is 2. The monoisotopic (exact) mass is 224 g/mol. The number of phenolic OH excluding ortho intramolecular Hbond substituents is 1. The third-order valence-electron chi connectivity index (χ3n) is 2.24. The lowest BCUT2D eigenvalue weighted by Gasteiger charge is -2.02. The van der Waals surface area contributed by atoms with Crippen molar-refractivity contribution in [3.05, 3.63) is 28.7 Å². The van der Waals surface area contributed by atoms with E-state index in [1.807, 2.05) is 0 Å². The second kappa shape index (κ2) is 3.20. The number of benzene rings is 1. The number of hydrogen-bond donors (Lipinski definition) is 1. The van der Waals surface area contributed by atoms with E-state index in [2.05, 4.69) is 0 Å². The maximum atomic E-state index is 11.8. The Balaban J connectivity index is 2.68. The van der Waals surface area contributed by atoms with E-state index in [0.717, 1.165) is 0 Å². The number of phenols is 1. The maximum absolute atomic E-state index is 11.8. The molecular weight excluding hydrogens is 216 g/mol. The molecular formula is C10H8O4S. The topological polar surface area (TPSA) is 71.4 Å². The molecule has 0 bridgehead atoms. The number of carbonyl (C=O) groups excluding carboxylic acids is 1. The molecule has 0 aliphatic carbocycles. The predicted octanol–water partition coefficient (Wildman–Crippen LogP) is 1.11. The van der Waals surface area contributed by atoms with Gasteiger partial charge in [0.1, 0.15) is 16.9 Å². The van der Waals surface area contributed by atoms with E-state index >= 15 is 0 Å². The molecule has 1 heterocycles. The van der Waals surface area contributed by atoms with Crippen LogP contribution in [0.25, 0.3) is 6.08 Å². The third-order valence-corrected chi connectivity index (χ3v) is 4.20. The second-order valence-electron chi connectivity index (χ2n) is 3.18. The van der Waals surface area contributed by atoms with Gasteiger partial charge in [-0.3, -0.25) is 0 Å². The number of allylic oxidation sites excluding steroid dienone is 1. The molecule has 0 fully saturated rings. The quantitative estimate of drug-likeness (QED) is 0.764. The first-order chi connectivity index (χ1) is 7.07. The van der Waals surface area contributed by atoms with Crippen molar-refractivity contribution in [1.29, 1.82) is 0 Å². The van der Waals surface area contributed by atoms with Gasteiger partial charge in [-0.25, -0.2) is 8.42 Å². The Morgan fingerprint density at radius 2 is 2.07 bits per heavy atom. The van der Waals surface area contributed by atoms with Gasteiger partial charge in [0.05, 0.1) is 4.91 Å². The highest BCUT2D eigenvalue weighted by Gasteiger charge is 2.31. The van der Waals surface area contributed by atoms with E-state index in [0.29, 0.717) is 11.8 Å². The van der Waals surface area contributed by atoms with Gasteiger partial charge < -0.3 is 9.90 Å². The molecule has 0 unspecified atom stereocenters. The van der Waals surface area contributed by atoms with E-state index in [9.17, 15) is 18.3 Å². The van der Waals surface area contributed by atoms with E-state index in [1.54, 1.807) is 12.1 Å². The summed E-state index contributed by atoms with van der Waals surface area (Å²) in [6, 6.07) is 4.46. The predicted molar refractivity (Wildman–Crippen MR) is 54.0 cm³/mol. The van der Waals surface area contributed by atoms with Crippen molar-refractivity contribution in [2.24, 2.45) is 0 Å². The molecule has 0 radical (unpaired) electrons. The molecule has 0 spiro atoms. The zero-order valence-corrected chi connectivity index (χ0v) is 8.49. The largest absolute Gasteiger partial charge is 0.507 e. The van der Waals surface area contributed by atoms with Gasteiger partial charge in [-0.2, -0.15) is 0 Å². The van der Waals surface area contributed by atoms with Crippen molar-refractivity contribution in [3.63, 3.8) is 0 Å². The number of fused-ring (bicyclic) bond motifs is 1. The Morgan fingerprint density at radius 3 is 2.67 bits per heavy atom. The van der Waals surface area contributed by atoms with Crippen LogP contribution in [-0.2, 0) is 14.6 Å². The number of aromatic hydroxyl groups is 1. The van der Waals surface area contributed by atoms with Crippen molar-refractivity contribution in [3.8, 4) is 5.75 Å². The standard InChI is InChI=1S/C10H8O4S/c11-5-4-8-6-7-2-1-3-9(12)10(7)15(8,13)14/h1-3,5-6,12H,4H2. The first kappa shape index (κ1) is 9.92. The zero-order chi connectivity index (χ0) is 11.1. The van der Waals surface area contributed by atoms with Crippen LogP contribution in [0.4, 0.5) is 0 Å². The van der Waals surface area contributed by atoms with Crippen LogP contribution in [0, 0.1) is 0 Å². The summed E-state index contributed by atoms with van der Waals surface area (Å²) in [6.07, 6.45) is 1.79. The van der Waals surface area contributed by atoms with Crippen molar-refractivity contribution in [1.82, 2.24) is 0 Å². The van der Waals surface area contributed by atoms with E-state index in [1.165, 1.54) is 12.1 Å². The van der Waals surface area contributed by atoms with Gasteiger partial charge in [-0.15, -0.1) is 0 Å². The number of aldehydes is 1. The summed E-state index contributed by atoms with van der Waals surface area (Å²) < 4.78 is 23.6. The zero-order valence-electron chi connectivity index (χ0n) is 7.67. The van der Waals surface area contributed by atoms with Gasteiger partial charge in [0.15, 0.2) is 0 Å². The highest BCUT2D eigenvalue weighted by atomic mass is 32.2. The molecule has 78 valence electrons. The van der Waals surface area contributed by atoms with E-state index < -0.39 is 9.84 Å². The van der Waals surface area contributed by atoms with Gasteiger partial charge in [0.25, 0.3) is 0 Å². The van der Waals surface area contributed by atoms with Gasteiger partial charge in [-0.1, -0.05) is 12.1 Å². The van der Waals surface area contributed by atoms with Crippen molar-refractivity contribution in [2.75, 3.05) is 0 Å². The Kier molecular flexibility index (Phi) is 2.12. The van der Waals surface area contributed by atoms with E-state index in [-0.39, 0.29) is 22.0 Å². The van der Waals surface area contributed by atoms with Gasteiger partial charge in [0, 0.05) is 6.42 Å². The first-order valence-electron chi connectivity index (χ1n) is 4.28. The summed E-state index contributed by atoms with van der Waals surface area (Å²) >= 11 is 0. The van der Waals surface area contributed by atoms with Crippen LogP contribution in [-0.4, -0.2) is 19.8 Å². The summed E-state index contributed by atoms with van der Waals surface area (Å²) in [6.45, 7) is 0. The SMILES string of the molecule is O=CCC1=Cc2cccc(O)c2S1(=O)=O. The Hall–Kier alpha value is -1.62. The molecule has 4 nitrogen and oxygen atoms in total. The maximum Gasteiger partial charge on any atom is 0.207 e. The van der Waals surface area contributed by atoms with Crippen LogP contribution >= 0.6 is 0 Å². The minimum absolute atomic E-state index is 0.0361. The lowest BCUT2D eigenvalue weighted by molar-refractivity contribution is -0.107. The third kappa shape index (κ3) is 1.35. The summed E-state index contributed by atoms with van der Waals surface area (Å²) in [4.78, 5) is 10.3. The van der Waals surface area contributed by atoms with Crippen LogP contribution < -0.4 is 0 Å². The van der Waals surface area contributed by atoms with Crippen LogP contribution in [0.5, 0.6) is 5.75 Å². The van der Waals surface area contributed by atoms with Crippen LogP contribution in [0.15, 0.2) is 28.0 Å². The van der Waals surface area contributed by atoms with Gasteiger partial charge >= 0.3 is 0 Å². The van der Waals surface area contributed by atoms with Crippen molar-refractivity contribution >= 4 is 22.2 Å². The Bertz CT molecular complexity index is 555. The lowest BCUT2D eigenvalue weighted by atomic mass is 10.2. The first-order valence-corrected chi connectivity index (χ1v) is 5.77. The van der Waals surface area contributed by atoms with Gasteiger partial charge in [-0.05, 0) is 17.7 Å². The minimum Gasteiger partial charge on any atom is -0.507 e. The fraction of sp³-hybridized carbons (Fsp3) is 0.100. The molecule has 0 atom stereocenters. The normalized spacial score (nSPS) is 16.9. The molecule has 15 heavy (non-hydrogen) atoms. The van der Waals surface area contributed by atoms with E-state index in [4.69, 9.17) is 0 Å².